The molecule has 0 saturated carbocycles. The van der Waals surface area contributed by atoms with E-state index >= 15 is 0 Å². The first-order chi connectivity index (χ1) is 4.79. The van der Waals surface area contributed by atoms with Gasteiger partial charge in [-0.15, -0.1) is 0 Å². The quantitative estimate of drug-likeness (QED) is 0.568. The van der Waals surface area contributed by atoms with E-state index in [0.29, 0.717) is 0 Å². The van der Waals surface area contributed by atoms with Crippen molar-refractivity contribution in [2.24, 2.45) is 0 Å². The number of thioether (sulfide) groups is 1. The average molecular weight is 157 g/mol. The van der Waals surface area contributed by atoms with Crippen LogP contribution in [0.3, 0.4) is 0 Å². The number of rotatable bonds is 1. The van der Waals surface area contributed by atoms with Crippen molar-refractivity contribution in [2.75, 3.05) is 11.5 Å². The molecule has 0 aromatic rings. The lowest BCUT2D eigenvalue weighted by Gasteiger charge is -2.54. The fraction of sp³-hybridized carbons (Fsp3) is 1.00. The fourth-order valence-electron chi connectivity index (χ4n) is 2.21. The first-order valence-corrected chi connectivity index (χ1v) is 5.29. The van der Waals surface area contributed by atoms with Gasteiger partial charge in [-0.1, -0.05) is 0 Å². The monoisotopic (exact) mass is 157 g/mol. The predicted molar refractivity (Wildman–Crippen MR) is 46.5 cm³/mol. The molecule has 0 radical (unpaired) electrons. The van der Waals surface area contributed by atoms with Gasteiger partial charge in [-0.2, -0.15) is 11.8 Å². The summed E-state index contributed by atoms with van der Waals surface area (Å²) < 4.78 is 0. The normalized spacial score (nSPS) is 39.9. The van der Waals surface area contributed by atoms with Crippen LogP contribution >= 0.6 is 11.8 Å². The molecule has 0 unspecified atom stereocenters. The summed E-state index contributed by atoms with van der Waals surface area (Å²) in [5.74, 6) is 2.77. The third-order valence-corrected chi connectivity index (χ3v) is 3.85. The van der Waals surface area contributed by atoms with Crippen molar-refractivity contribution in [1.82, 2.24) is 4.90 Å². The second-order valence-corrected chi connectivity index (χ2v) is 4.70. The molecular formula is C8H15NS. The third-order valence-electron chi connectivity index (χ3n) is 2.60. The first kappa shape index (κ1) is 6.99. The molecule has 2 bridgehead atoms. The van der Waals surface area contributed by atoms with Crippen molar-refractivity contribution in [3.8, 4) is 0 Å². The summed E-state index contributed by atoms with van der Waals surface area (Å²) in [5.41, 5.74) is 0. The Hall–Kier alpha value is 0.310. The molecule has 2 atom stereocenters. The molecule has 3 aliphatic rings. The molecule has 10 heavy (non-hydrogen) atoms. The highest BCUT2D eigenvalue weighted by atomic mass is 32.2. The first-order valence-electron chi connectivity index (χ1n) is 4.14. The standard InChI is InChI=1S/C8H15NS/c1-6(2)9-7-3-8(9)5-10-4-7/h6-8H,3-5H2,1-2H3/t7-,8+. The molecule has 0 aromatic carbocycles. The lowest BCUT2D eigenvalue weighted by atomic mass is 9.93. The highest BCUT2D eigenvalue weighted by Gasteiger charge is 2.42. The van der Waals surface area contributed by atoms with E-state index in [9.17, 15) is 0 Å². The van der Waals surface area contributed by atoms with Crippen LogP contribution in [0.1, 0.15) is 20.3 Å². The van der Waals surface area contributed by atoms with Gasteiger partial charge < -0.3 is 0 Å². The molecule has 0 spiro atoms. The van der Waals surface area contributed by atoms with Crippen LogP contribution < -0.4 is 0 Å². The Kier molecular flexibility index (Phi) is 1.69. The van der Waals surface area contributed by atoms with Gasteiger partial charge in [0.2, 0.25) is 0 Å². The second-order valence-electron chi connectivity index (χ2n) is 3.62. The molecule has 0 aliphatic carbocycles. The highest BCUT2D eigenvalue weighted by Crippen LogP contribution is 2.37. The summed E-state index contributed by atoms with van der Waals surface area (Å²) in [6.07, 6.45) is 1.48. The van der Waals surface area contributed by atoms with Crippen LogP contribution in [0.25, 0.3) is 0 Å². The van der Waals surface area contributed by atoms with Crippen LogP contribution in [0.5, 0.6) is 0 Å². The van der Waals surface area contributed by atoms with E-state index in [1.165, 1.54) is 17.9 Å². The second kappa shape index (κ2) is 2.42. The van der Waals surface area contributed by atoms with Crippen molar-refractivity contribution in [3.63, 3.8) is 0 Å². The van der Waals surface area contributed by atoms with Gasteiger partial charge in [-0.3, -0.25) is 4.90 Å². The van der Waals surface area contributed by atoms with Crippen LogP contribution in [0.4, 0.5) is 0 Å². The molecule has 2 heteroatoms. The minimum Gasteiger partial charge on any atom is -0.293 e. The Morgan fingerprint density at radius 2 is 1.90 bits per heavy atom. The molecule has 3 fully saturated rings. The molecule has 58 valence electrons. The van der Waals surface area contributed by atoms with Gasteiger partial charge in [0.25, 0.3) is 0 Å². The van der Waals surface area contributed by atoms with Crippen molar-refractivity contribution in [1.29, 1.82) is 0 Å². The van der Waals surface area contributed by atoms with Crippen LogP contribution in [0.2, 0.25) is 0 Å². The number of fused-ring (bicyclic) bond motifs is 2. The molecule has 1 nitrogen and oxygen atoms in total. The Morgan fingerprint density at radius 3 is 2.20 bits per heavy atom. The van der Waals surface area contributed by atoms with Gasteiger partial charge in [-0.25, -0.2) is 0 Å². The van der Waals surface area contributed by atoms with Gasteiger partial charge in [0.1, 0.15) is 0 Å². The molecule has 0 N–H and O–H groups in total. The minimum atomic E-state index is 0.782. The molecule has 3 saturated heterocycles. The van der Waals surface area contributed by atoms with Gasteiger partial charge in [0.05, 0.1) is 0 Å². The number of hydrogen-bond donors (Lipinski definition) is 0. The zero-order valence-corrected chi connectivity index (χ0v) is 7.53. The van der Waals surface area contributed by atoms with E-state index in [2.05, 4.69) is 30.5 Å². The summed E-state index contributed by atoms with van der Waals surface area (Å²) in [6.45, 7) is 4.63. The summed E-state index contributed by atoms with van der Waals surface area (Å²) in [7, 11) is 0. The van der Waals surface area contributed by atoms with Crippen LogP contribution in [-0.4, -0.2) is 34.5 Å². The van der Waals surface area contributed by atoms with E-state index in [0.717, 1.165) is 18.1 Å². The van der Waals surface area contributed by atoms with Crippen molar-refractivity contribution in [2.45, 2.75) is 38.4 Å². The van der Waals surface area contributed by atoms with Crippen LogP contribution in [-0.2, 0) is 0 Å². The lowest BCUT2D eigenvalue weighted by molar-refractivity contribution is 0.00697. The molecule has 3 aliphatic heterocycles. The minimum absolute atomic E-state index is 0.782. The highest BCUT2D eigenvalue weighted by molar-refractivity contribution is 7.99. The number of nitrogens with zero attached hydrogens (tertiary/aromatic N) is 1. The maximum absolute atomic E-state index is 2.68. The van der Waals surface area contributed by atoms with Gasteiger partial charge >= 0.3 is 0 Å². The van der Waals surface area contributed by atoms with E-state index in [1.807, 2.05) is 0 Å². The summed E-state index contributed by atoms with van der Waals surface area (Å²) in [5, 5.41) is 0. The Labute approximate surface area is 67.2 Å². The molecule has 0 amide bonds. The zero-order valence-electron chi connectivity index (χ0n) is 6.71. The maximum atomic E-state index is 2.68. The molecule has 0 aromatic heterocycles. The summed E-state index contributed by atoms with van der Waals surface area (Å²) >= 11 is 2.13. The van der Waals surface area contributed by atoms with Crippen LogP contribution in [0.15, 0.2) is 0 Å². The Balaban J connectivity index is 1.99. The Morgan fingerprint density at radius 1 is 1.30 bits per heavy atom. The predicted octanol–water partition coefficient (Wildman–Crippen LogP) is 1.58. The fourth-order valence-corrected chi connectivity index (χ4v) is 3.51. The summed E-state index contributed by atoms with van der Waals surface area (Å²) in [6, 6.07) is 2.65. The maximum Gasteiger partial charge on any atom is 0.0207 e. The van der Waals surface area contributed by atoms with E-state index < -0.39 is 0 Å². The smallest absolute Gasteiger partial charge is 0.0207 e. The van der Waals surface area contributed by atoms with Crippen molar-refractivity contribution >= 4 is 11.8 Å². The molecule has 3 rings (SSSR count). The zero-order chi connectivity index (χ0) is 7.14. The van der Waals surface area contributed by atoms with Gasteiger partial charge in [-0.05, 0) is 20.3 Å². The molecule has 3 heterocycles. The largest absolute Gasteiger partial charge is 0.293 e. The van der Waals surface area contributed by atoms with Gasteiger partial charge in [0, 0.05) is 29.6 Å². The van der Waals surface area contributed by atoms with E-state index in [4.69, 9.17) is 0 Å². The van der Waals surface area contributed by atoms with Gasteiger partial charge in [0.15, 0.2) is 0 Å². The third kappa shape index (κ3) is 0.892. The lowest BCUT2D eigenvalue weighted by Crippen LogP contribution is -2.63. The summed E-state index contributed by atoms with van der Waals surface area (Å²) in [4.78, 5) is 2.68. The van der Waals surface area contributed by atoms with Crippen LogP contribution in [0, 0.1) is 0 Å². The van der Waals surface area contributed by atoms with Crippen molar-refractivity contribution in [3.05, 3.63) is 0 Å². The van der Waals surface area contributed by atoms with E-state index in [1.54, 1.807) is 0 Å². The topological polar surface area (TPSA) is 3.24 Å². The average Bonchev–Trinajstić information content (AvgIpc) is 1.87. The van der Waals surface area contributed by atoms with E-state index in [-0.39, 0.29) is 0 Å². The van der Waals surface area contributed by atoms with Crippen molar-refractivity contribution < 1.29 is 0 Å². The Bertz CT molecular complexity index is 121. The number of hydrogen-bond acceptors (Lipinski definition) is 2. The SMILES string of the molecule is CC(C)N1[C@@H]2CSC[C@H]1C2. The molecular weight excluding hydrogens is 142 g/mol.